The van der Waals surface area contributed by atoms with E-state index in [9.17, 15) is 4.79 Å². The number of Topliss-reactive ketones (excluding diaryl/α,β-unsaturated/α-hetero) is 1. The van der Waals surface area contributed by atoms with Crippen LogP contribution in [0.4, 0.5) is 0 Å². The molecule has 0 radical (unpaired) electrons. The van der Waals surface area contributed by atoms with Gasteiger partial charge >= 0.3 is 0 Å². The third-order valence-electron chi connectivity index (χ3n) is 4.16. The smallest absolute Gasteiger partial charge is 0.158 e. The molecule has 0 aromatic rings. The Balaban J connectivity index is 1.77. The summed E-state index contributed by atoms with van der Waals surface area (Å²) in [6.45, 7) is 10.4. The van der Waals surface area contributed by atoms with Gasteiger partial charge in [-0.3, -0.25) is 4.79 Å². The van der Waals surface area contributed by atoms with Crippen LogP contribution >= 0.6 is 0 Å². The van der Waals surface area contributed by atoms with E-state index in [-0.39, 0.29) is 12.4 Å². The first-order valence-electron chi connectivity index (χ1n) is 8.62. The van der Waals surface area contributed by atoms with Gasteiger partial charge in [0.05, 0.1) is 6.61 Å². The van der Waals surface area contributed by atoms with Crippen LogP contribution in [-0.4, -0.2) is 56.7 Å². The van der Waals surface area contributed by atoms with E-state index in [0.29, 0.717) is 13.0 Å². The Morgan fingerprint density at radius 1 is 1.05 bits per heavy atom. The molecular weight excluding hydrogens is 266 g/mol. The molecule has 124 valence electrons. The number of likely N-dealkylation sites (tertiary alicyclic amines) is 1. The Hall–Kier alpha value is -0.450. The second kappa shape index (κ2) is 12.1. The monoisotopic (exact) mass is 299 g/mol. The summed E-state index contributed by atoms with van der Waals surface area (Å²) in [6.07, 6.45) is 6.46. The zero-order chi connectivity index (χ0) is 15.3. The number of hydrogen-bond acceptors (Lipinski definition) is 4. The number of unbranched alkanes of at least 4 members (excludes halogenated alkanes) is 2. The summed E-state index contributed by atoms with van der Waals surface area (Å²) in [5.74, 6) is 1.09. The van der Waals surface area contributed by atoms with Gasteiger partial charge in [-0.25, -0.2) is 0 Å². The van der Waals surface area contributed by atoms with E-state index in [2.05, 4.69) is 11.8 Å². The summed E-state index contributed by atoms with van der Waals surface area (Å²) in [7, 11) is 0. The molecule has 0 saturated carbocycles. The van der Waals surface area contributed by atoms with Crippen LogP contribution in [0.1, 0.15) is 52.4 Å². The van der Waals surface area contributed by atoms with Gasteiger partial charge < -0.3 is 14.4 Å². The SMILES string of the molecule is CCC(=O)COCCCCCOCCN1CCC(C)CC1. The van der Waals surface area contributed by atoms with Gasteiger partial charge in [0.1, 0.15) is 6.61 Å². The highest BCUT2D eigenvalue weighted by Crippen LogP contribution is 2.15. The standard InChI is InChI=1S/C17H33NO3/c1-3-17(19)15-21-13-6-4-5-12-20-14-11-18-9-7-16(2)8-10-18/h16H,3-15H2,1-2H3. The van der Waals surface area contributed by atoms with E-state index < -0.39 is 0 Å². The Morgan fingerprint density at radius 3 is 2.38 bits per heavy atom. The molecule has 1 saturated heterocycles. The second-order valence-corrected chi connectivity index (χ2v) is 6.14. The lowest BCUT2D eigenvalue weighted by molar-refractivity contribution is -0.123. The topological polar surface area (TPSA) is 38.8 Å². The van der Waals surface area contributed by atoms with E-state index in [1.165, 1.54) is 25.9 Å². The molecular formula is C17H33NO3. The van der Waals surface area contributed by atoms with Gasteiger partial charge in [-0.05, 0) is 51.1 Å². The maximum Gasteiger partial charge on any atom is 0.158 e. The third kappa shape index (κ3) is 9.99. The van der Waals surface area contributed by atoms with Crippen molar-refractivity contribution in [1.29, 1.82) is 0 Å². The van der Waals surface area contributed by atoms with Crippen LogP contribution in [0.2, 0.25) is 0 Å². The first-order valence-corrected chi connectivity index (χ1v) is 8.62. The average molecular weight is 299 g/mol. The van der Waals surface area contributed by atoms with Crippen LogP contribution in [-0.2, 0) is 14.3 Å². The number of ether oxygens (including phenoxy) is 2. The zero-order valence-corrected chi connectivity index (χ0v) is 13.9. The van der Waals surface area contributed by atoms with Crippen molar-refractivity contribution in [2.75, 3.05) is 46.1 Å². The van der Waals surface area contributed by atoms with Crippen LogP contribution in [0.25, 0.3) is 0 Å². The van der Waals surface area contributed by atoms with Crippen molar-refractivity contribution in [3.8, 4) is 0 Å². The lowest BCUT2D eigenvalue weighted by atomic mass is 9.99. The van der Waals surface area contributed by atoms with Crippen LogP contribution in [0.5, 0.6) is 0 Å². The Bertz CT molecular complexity index is 263. The van der Waals surface area contributed by atoms with Gasteiger partial charge in [0.15, 0.2) is 5.78 Å². The molecule has 4 heteroatoms. The van der Waals surface area contributed by atoms with Crippen molar-refractivity contribution in [2.45, 2.75) is 52.4 Å². The van der Waals surface area contributed by atoms with Crippen LogP contribution in [0, 0.1) is 5.92 Å². The molecule has 0 amide bonds. The molecule has 1 aliphatic heterocycles. The van der Waals surface area contributed by atoms with E-state index in [1.54, 1.807) is 0 Å². The largest absolute Gasteiger partial charge is 0.380 e. The highest BCUT2D eigenvalue weighted by Gasteiger charge is 2.14. The minimum atomic E-state index is 0.186. The minimum Gasteiger partial charge on any atom is -0.380 e. The number of carbonyl (C=O) groups excluding carboxylic acids is 1. The van der Waals surface area contributed by atoms with Crippen molar-refractivity contribution in [2.24, 2.45) is 5.92 Å². The molecule has 0 N–H and O–H groups in total. The van der Waals surface area contributed by atoms with E-state index in [1.807, 2.05) is 6.92 Å². The molecule has 1 aliphatic rings. The van der Waals surface area contributed by atoms with E-state index in [4.69, 9.17) is 9.47 Å². The highest BCUT2D eigenvalue weighted by atomic mass is 16.5. The van der Waals surface area contributed by atoms with Crippen LogP contribution < -0.4 is 0 Å². The number of ketones is 1. The Kier molecular flexibility index (Phi) is 10.7. The third-order valence-corrected chi connectivity index (χ3v) is 4.16. The van der Waals surface area contributed by atoms with Crippen molar-refractivity contribution in [3.63, 3.8) is 0 Å². The van der Waals surface area contributed by atoms with Crippen LogP contribution in [0.15, 0.2) is 0 Å². The Labute approximate surface area is 130 Å². The molecule has 1 rings (SSSR count). The number of rotatable bonds is 12. The number of piperidine rings is 1. The van der Waals surface area contributed by atoms with Gasteiger partial charge in [0.25, 0.3) is 0 Å². The Morgan fingerprint density at radius 2 is 1.71 bits per heavy atom. The molecule has 0 spiro atoms. The summed E-state index contributed by atoms with van der Waals surface area (Å²) < 4.78 is 11.0. The van der Waals surface area contributed by atoms with E-state index in [0.717, 1.165) is 44.9 Å². The van der Waals surface area contributed by atoms with Crippen molar-refractivity contribution in [1.82, 2.24) is 4.90 Å². The summed E-state index contributed by atoms with van der Waals surface area (Å²) in [5, 5.41) is 0. The van der Waals surface area contributed by atoms with E-state index >= 15 is 0 Å². The minimum absolute atomic E-state index is 0.186. The van der Waals surface area contributed by atoms with Crippen molar-refractivity contribution >= 4 is 5.78 Å². The van der Waals surface area contributed by atoms with Gasteiger partial charge in [-0.15, -0.1) is 0 Å². The molecule has 0 atom stereocenters. The molecule has 0 aliphatic carbocycles. The predicted octanol–water partition coefficient (Wildman–Crippen LogP) is 2.90. The van der Waals surface area contributed by atoms with Crippen molar-refractivity contribution < 1.29 is 14.3 Å². The lowest BCUT2D eigenvalue weighted by Crippen LogP contribution is -2.35. The fourth-order valence-corrected chi connectivity index (χ4v) is 2.45. The summed E-state index contributed by atoms with van der Waals surface area (Å²) in [6, 6.07) is 0. The summed E-state index contributed by atoms with van der Waals surface area (Å²) in [5.41, 5.74) is 0. The fourth-order valence-electron chi connectivity index (χ4n) is 2.45. The first-order chi connectivity index (χ1) is 10.2. The van der Waals surface area contributed by atoms with Gasteiger partial charge in [0.2, 0.25) is 0 Å². The van der Waals surface area contributed by atoms with Gasteiger partial charge in [-0.1, -0.05) is 13.8 Å². The molecule has 0 aromatic carbocycles. The molecule has 1 fully saturated rings. The maximum atomic E-state index is 11.0. The van der Waals surface area contributed by atoms with Crippen LogP contribution in [0.3, 0.4) is 0 Å². The summed E-state index contributed by atoms with van der Waals surface area (Å²) >= 11 is 0. The highest BCUT2D eigenvalue weighted by molar-refractivity contribution is 5.79. The predicted molar refractivity (Wildman–Crippen MR) is 85.6 cm³/mol. The molecule has 21 heavy (non-hydrogen) atoms. The lowest BCUT2D eigenvalue weighted by Gasteiger charge is -2.29. The average Bonchev–Trinajstić information content (AvgIpc) is 2.50. The molecule has 0 bridgehead atoms. The molecule has 4 nitrogen and oxygen atoms in total. The first kappa shape index (κ1) is 18.6. The molecule has 0 aromatic heterocycles. The zero-order valence-electron chi connectivity index (χ0n) is 13.9. The molecule has 1 heterocycles. The van der Waals surface area contributed by atoms with Gasteiger partial charge in [-0.2, -0.15) is 0 Å². The number of nitrogens with zero attached hydrogens (tertiary/aromatic N) is 1. The fraction of sp³-hybridized carbons (Fsp3) is 0.941. The number of carbonyl (C=O) groups is 1. The van der Waals surface area contributed by atoms with Crippen molar-refractivity contribution in [3.05, 3.63) is 0 Å². The van der Waals surface area contributed by atoms with Gasteiger partial charge in [0, 0.05) is 26.2 Å². The quantitative estimate of drug-likeness (QED) is 0.519. The second-order valence-electron chi connectivity index (χ2n) is 6.14. The molecule has 0 unspecified atom stereocenters. The normalized spacial score (nSPS) is 17.2. The summed E-state index contributed by atoms with van der Waals surface area (Å²) in [4.78, 5) is 13.5. The maximum absolute atomic E-state index is 11.0. The number of hydrogen-bond donors (Lipinski definition) is 0.